The lowest BCUT2D eigenvalue weighted by Gasteiger charge is -2.31. The molecule has 90 valence electrons. The average molecular weight is 234 g/mol. The van der Waals surface area contributed by atoms with Gasteiger partial charge in [0.1, 0.15) is 0 Å². The van der Waals surface area contributed by atoms with Gasteiger partial charge in [0.15, 0.2) is 0 Å². The molecule has 1 amide bonds. The molecule has 0 radical (unpaired) electrons. The van der Waals surface area contributed by atoms with Crippen molar-refractivity contribution in [1.82, 2.24) is 4.90 Å². The number of hydrogen-bond donors (Lipinski definition) is 2. The van der Waals surface area contributed by atoms with Gasteiger partial charge in [0.25, 0.3) is 0 Å². The predicted octanol–water partition coefficient (Wildman–Crippen LogP) is 1.98. The third kappa shape index (κ3) is 2.38. The number of likely N-dealkylation sites (tertiary alicyclic amines) is 1. The molecule has 0 aromatic heterocycles. The van der Waals surface area contributed by atoms with E-state index in [2.05, 4.69) is 5.16 Å². The Labute approximate surface area is 99.0 Å². The summed E-state index contributed by atoms with van der Waals surface area (Å²) in [4.78, 5) is 12.3. The van der Waals surface area contributed by atoms with E-state index >= 15 is 0 Å². The molecule has 2 rings (SSSR count). The zero-order chi connectivity index (χ0) is 12.3. The van der Waals surface area contributed by atoms with Crippen LogP contribution in [0.5, 0.6) is 0 Å². The highest BCUT2D eigenvalue weighted by Gasteiger charge is 2.29. The second-order valence-corrected chi connectivity index (χ2v) is 4.03. The van der Waals surface area contributed by atoms with Crippen LogP contribution in [-0.2, 0) is 0 Å². The van der Waals surface area contributed by atoms with E-state index in [0.29, 0.717) is 25.2 Å². The van der Waals surface area contributed by atoms with Gasteiger partial charge in [-0.1, -0.05) is 35.5 Å². The van der Waals surface area contributed by atoms with E-state index in [1.165, 1.54) is 4.90 Å². The number of amides is 1. The first-order chi connectivity index (χ1) is 8.22. The van der Waals surface area contributed by atoms with E-state index < -0.39 is 6.09 Å². The lowest BCUT2D eigenvalue weighted by Crippen LogP contribution is -2.42. The summed E-state index contributed by atoms with van der Waals surface area (Å²) in [5.41, 5.74) is 1.62. The monoisotopic (exact) mass is 234 g/mol. The Balaban J connectivity index is 2.25. The molecule has 1 aliphatic heterocycles. The zero-order valence-corrected chi connectivity index (χ0v) is 9.28. The molecule has 1 saturated heterocycles. The van der Waals surface area contributed by atoms with Gasteiger partial charge >= 0.3 is 6.09 Å². The van der Waals surface area contributed by atoms with Crippen molar-refractivity contribution in [1.29, 1.82) is 0 Å². The highest BCUT2D eigenvalue weighted by atomic mass is 16.4. The molecule has 17 heavy (non-hydrogen) atoms. The highest BCUT2D eigenvalue weighted by Crippen LogP contribution is 2.24. The van der Waals surface area contributed by atoms with Crippen molar-refractivity contribution in [3.05, 3.63) is 35.9 Å². The van der Waals surface area contributed by atoms with Gasteiger partial charge in [-0.25, -0.2) is 4.79 Å². The van der Waals surface area contributed by atoms with Crippen molar-refractivity contribution in [3.63, 3.8) is 0 Å². The molecular formula is C12H14N2O3. The molecule has 1 aromatic carbocycles. The van der Waals surface area contributed by atoms with Crippen LogP contribution in [0.1, 0.15) is 17.9 Å². The van der Waals surface area contributed by atoms with Crippen LogP contribution < -0.4 is 0 Å². The van der Waals surface area contributed by atoms with E-state index in [4.69, 9.17) is 10.3 Å². The number of carbonyl (C=O) groups is 1. The molecule has 0 saturated carbocycles. The number of benzene rings is 1. The number of nitrogens with zero attached hydrogens (tertiary/aromatic N) is 2. The minimum absolute atomic E-state index is 0.147. The molecule has 5 nitrogen and oxygen atoms in total. The number of rotatable bonds is 1. The van der Waals surface area contributed by atoms with Crippen LogP contribution in [0.4, 0.5) is 4.79 Å². The summed E-state index contributed by atoms with van der Waals surface area (Å²) >= 11 is 0. The minimum Gasteiger partial charge on any atom is -0.465 e. The van der Waals surface area contributed by atoms with Crippen LogP contribution in [0.15, 0.2) is 35.5 Å². The summed E-state index contributed by atoms with van der Waals surface area (Å²) in [5.74, 6) is -0.147. The first-order valence-corrected chi connectivity index (χ1v) is 5.46. The summed E-state index contributed by atoms with van der Waals surface area (Å²) < 4.78 is 0. The van der Waals surface area contributed by atoms with E-state index in [-0.39, 0.29) is 5.92 Å². The molecule has 1 unspecified atom stereocenters. The second-order valence-electron chi connectivity index (χ2n) is 4.03. The number of oxime groups is 1. The molecule has 1 fully saturated rings. The first kappa shape index (κ1) is 11.4. The fourth-order valence-electron chi connectivity index (χ4n) is 2.12. The number of hydrogen-bond acceptors (Lipinski definition) is 3. The van der Waals surface area contributed by atoms with Crippen LogP contribution in [0.2, 0.25) is 0 Å². The van der Waals surface area contributed by atoms with Gasteiger partial charge < -0.3 is 15.2 Å². The van der Waals surface area contributed by atoms with Gasteiger partial charge in [-0.05, 0) is 5.56 Å². The Bertz CT molecular complexity index is 431. The topological polar surface area (TPSA) is 73.1 Å². The van der Waals surface area contributed by atoms with Crippen LogP contribution in [0, 0.1) is 0 Å². The van der Waals surface area contributed by atoms with Gasteiger partial charge in [-0.2, -0.15) is 0 Å². The largest absolute Gasteiger partial charge is 0.465 e. The van der Waals surface area contributed by atoms with Crippen molar-refractivity contribution >= 4 is 11.8 Å². The van der Waals surface area contributed by atoms with Crippen molar-refractivity contribution in [2.24, 2.45) is 5.16 Å². The number of carboxylic acid groups (broad SMARTS) is 1. The lowest BCUT2D eigenvalue weighted by atomic mass is 9.89. The molecule has 1 atom stereocenters. The SMILES string of the molecule is O=C(O)N1CC/C(=N/O)C(c2ccccc2)C1. The first-order valence-electron chi connectivity index (χ1n) is 5.46. The second kappa shape index (κ2) is 4.86. The van der Waals surface area contributed by atoms with Crippen LogP contribution in [0.3, 0.4) is 0 Å². The Hall–Kier alpha value is -2.04. The van der Waals surface area contributed by atoms with E-state index in [9.17, 15) is 4.79 Å². The Morgan fingerprint density at radius 3 is 2.65 bits per heavy atom. The Morgan fingerprint density at radius 2 is 2.06 bits per heavy atom. The molecule has 0 bridgehead atoms. The third-order valence-corrected chi connectivity index (χ3v) is 3.04. The third-order valence-electron chi connectivity index (χ3n) is 3.04. The average Bonchev–Trinajstić information content (AvgIpc) is 2.39. The fraction of sp³-hybridized carbons (Fsp3) is 0.333. The summed E-state index contributed by atoms with van der Waals surface area (Å²) in [7, 11) is 0. The molecule has 2 N–H and O–H groups in total. The van der Waals surface area contributed by atoms with Gasteiger partial charge in [0.05, 0.1) is 5.71 Å². The summed E-state index contributed by atoms with van der Waals surface area (Å²) in [5, 5.41) is 21.3. The van der Waals surface area contributed by atoms with Gasteiger partial charge in [-0.15, -0.1) is 0 Å². The zero-order valence-electron chi connectivity index (χ0n) is 9.28. The Kier molecular flexibility index (Phi) is 3.27. The van der Waals surface area contributed by atoms with E-state index in [1.54, 1.807) is 0 Å². The van der Waals surface area contributed by atoms with Crippen molar-refractivity contribution in [2.45, 2.75) is 12.3 Å². The molecule has 0 aliphatic carbocycles. The normalized spacial score (nSPS) is 22.7. The van der Waals surface area contributed by atoms with Crippen LogP contribution >= 0.6 is 0 Å². The molecular weight excluding hydrogens is 220 g/mol. The van der Waals surface area contributed by atoms with Crippen LogP contribution in [-0.4, -0.2) is 40.1 Å². The van der Waals surface area contributed by atoms with Crippen molar-refractivity contribution in [2.75, 3.05) is 13.1 Å². The fourth-order valence-corrected chi connectivity index (χ4v) is 2.12. The maximum Gasteiger partial charge on any atom is 0.407 e. The smallest absolute Gasteiger partial charge is 0.407 e. The predicted molar refractivity (Wildman–Crippen MR) is 62.6 cm³/mol. The maximum atomic E-state index is 10.9. The molecule has 1 heterocycles. The molecule has 0 spiro atoms. The quantitative estimate of drug-likeness (QED) is 0.576. The van der Waals surface area contributed by atoms with Crippen LogP contribution in [0.25, 0.3) is 0 Å². The summed E-state index contributed by atoms with van der Waals surface area (Å²) in [6.07, 6.45) is -0.453. The number of piperidine rings is 1. The van der Waals surface area contributed by atoms with Gasteiger partial charge in [-0.3, -0.25) is 0 Å². The van der Waals surface area contributed by atoms with Crippen molar-refractivity contribution in [3.8, 4) is 0 Å². The van der Waals surface area contributed by atoms with Crippen molar-refractivity contribution < 1.29 is 15.1 Å². The molecule has 1 aromatic rings. The highest BCUT2D eigenvalue weighted by molar-refractivity contribution is 5.92. The molecule has 1 aliphatic rings. The maximum absolute atomic E-state index is 10.9. The minimum atomic E-state index is -0.928. The Morgan fingerprint density at radius 1 is 1.35 bits per heavy atom. The van der Waals surface area contributed by atoms with E-state index in [0.717, 1.165) is 5.56 Å². The summed E-state index contributed by atoms with van der Waals surface area (Å²) in [6, 6.07) is 9.52. The summed E-state index contributed by atoms with van der Waals surface area (Å²) in [6.45, 7) is 0.733. The molecule has 5 heteroatoms. The lowest BCUT2D eigenvalue weighted by molar-refractivity contribution is 0.142. The van der Waals surface area contributed by atoms with Gasteiger partial charge in [0.2, 0.25) is 0 Å². The van der Waals surface area contributed by atoms with E-state index in [1.807, 2.05) is 30.3 Å². The standard InChI is InChI=1S/C12H14N2O3/c15-12(16)14-7-6-11(13-17)10(8-14)9-4-2-1-3-5-9/h1-5,10,17H,6-8H2,(H,15,16)/b13-11-. The van der Waals surface area contributed by atoms with Gasteiger partial charge in [0, 0.05) is 25.4 Å².